The fourth-order valence-electron chi connectivity index (χ4n) is 3.08. The van der Waals surface area contributed by atoms with Crippen molar-refractivity contribution >= 4 is 32.9 Å². The summed E-state index contributed by atoms with van der Waals surface area (Å²) in [5.74, 6) is 0.632. The molecule has 1 aromatic heterocycles. The second kappa shape index (κ2) is 8.55. The van der Waals surface area contributed by atoms with Gasteiger partial charge in [-0.3, -0.25) is 9.59 Å². The Balaban J connectivity index is 1.54. The average molecular weight is 465 g/mol. The lowest BCUT2D eigenvalue weighted by Gasteiger charge is -2.07. The van der Waals surface area contributed by atoms with E-state index in [0.29, 0.717) is 22.3 Å². The maximum Gasteiger partial charge on any atom is 0.315 e. The summed E-state index contributed by atoms with van der Waals surface area (Å²) in [4.78, 5) is 25.1. The van der Waals surface area contributed by atoms with Gasteiger partial charge >= 0.3 is 5.97 Å². The van der Waals surface area contributed by atoms with E-state index in [1.165, 1.54) is 6.26 Å². The molecule has 0 radical (unpaired) electrons. The molecule has 4 rings (SSSR count). The molecule has 0 atom stereocenters. The first kappa shape index (κ1) is 19.9. The number of fused-ring (bicyclic) bond motifs is 1. The molecule has 0 saturated carbocycles. The molecular weight excluding hydrogens is 448 g/mol. The molecule has 6 heteroatoms. The van der Waals surface area contributed by atoms with E-state index in [2.05, 4.69) is 15.9 Å². The van der Waals surface area contributed by atoms with Crippen LogP contribution in [0, 0.1) is 0 Å². The second-order valence-electron chi connectivity index (χ2n) is 6.64. The Bertz CT molecular complexity index is 1260. The van der Waals surface area contributed by atoms with Gasteiger partial charge in [-0.25, -0.2) is 0 Å². The van der Waals surface area contributed by atoms with Crippen LogP contribution in [0.15, 0.2) is 86.7 Å². The number of esters is 1. The summed E-state index contributed by atoms with van der Waals surface area (Å²) in [6, 6.07) is 19.4. The Hall–Kier alpha value is -3.38. The van der Waals surface area contributed by atoms with Gasteiger partial charge in [0, 0.05) is 10.5 Å². The summed E-state index contributed by atoms with van der Waals surface area (Å²) in [7, 11) is 1.59. The number of hydrogen-bond acceptors (Lipinski definition) is 5. The maximum atomic E-state index is 12.9. The molecule has 0 amide bonds. The zero-order chi connectivity index (χ0) is 21.1. The zero-order valence-electron chi connectivity index (χ0n) is 16.1. The number of carbonyl (C=O) groups excluding carboxylic acids is 1. The lowest BCUT2D eigenvalue weighted by molar-refractivity contribution is -0.133. The minimum atomic E-state index is -0.409. The smallest absolute Gasteiger partial charge is 0.315 e. The second-order valence-corrected chi connectivity index (χ2v) is 7.56. The van der Waals surface area contributed by atoms with Gasteiger partial charge in [0.05, 0.1) is 24.5 Å². The van der Waals surface area contributed by atoms with Crippen LogP contribution in [-0.2, 0) is 11.2 Å². The lowest BCUT2D eigenvalue weighted by Crippen LogP contribution is -2.11. The van der Waals surface area contributed by atoms with Gasteiger partial charge in [0.15, 0.2) is 5.43 Å². The quantitative estimate of drug-likeness (QED) is 0.293. The summed E-state index contributed by atoms with van der Waals surface area (Å²) >= 11 is 3.38. The van der Waals surface area contributed by atoms with Crippen molar-refractivity contribution in [2.75, 3.05) is 7.11 Å². The molecule has 0 spiro atoms. The van der Waals surface area contributed by atoms with Crippen LogP contribution in [0.25, 0.3) is 22.1 Å². The van der Waals surface area contributed by atoms with Gasteiger partial charge in [-0.15, -0.1) is 0 Å². The van der Waals surface area contributed by atoms with Gasteiger partial charge in [0.1, 0.15) is 23.3 Å². The predicted molar refractivity (Wildman–Crippen MR) is 118 cm³/mol. The molecule has 4 aromatic rings. The van der Waals surface area contributed by atoms with Crippen molar-refractivity contribution in [3.63, 3.8) is 0 Å². The number of ether oxygens (including phenoxy) is 2. The first-order chi connectivity index (χ1) is 14.5. The van der Waals surface area contributed by atoms with Crippen LogP contribution < -0.4 is 14.9 Å². The van der Waals surface area contributed by atoms with Crippen LogP contribution in [0.4, 0.5) is 0 Å². The monoisotopic (exact) mass is 464 g/mol. The van der Waals surface area contributed by atoms with Crippen molar-refractivity contribution in [3.8, 4) is 22.6 Å². The van der Waals surface area contributed by atoms with Crippen LogP contribution in [-0.4, -0.2) is 13.1 Å². The molecule has 0 aliphatic heterocycles. The van der Waals surface area contributed by atoms with E-state index in [9.17, 15) is 9.59 Å². The van der Waals surface area contributed by atoms with Crippen molar-refractivity contribution in [1.82, 2.24) is 0 Å². The third kappa shape index (κ3) is 4.28. The summed E-state index contributed by atoms with van der Waals surface area (Å²) in [5, 5.41) is 0.422. The minimum absolute atomic E-state index is 0.120. The molecule has 0 unspecified atom stereocenters. The van der Waals surface area contributed by atoms with E-state index in [1.807, 2.05) is 36.4 Å². The van der Waals surface area contributed by atoms with Crippen LogP contribution in [0.2, 0.25) is 0 Å². The Labute approximate surface area is 181 Å². The summed E-state index contributed by atoms with van der Waals surface area (Å²) < 4.78 is 17.1. The fourth-order valence-corrected chi connectivity index (χ4v) is 3.34. The molecule has 0 N–H and O–H groups in total. The highest BCUT2D eigenvalue weighted by molar-refractivity contribution is 9.10. The Morgan fingerprint density at radius 2 is 1.67 bits per heavy atom. The number of benzene rings is 3. The molecule has 1 heterocycles. The summed E-state index contributed by atoms with van der Waals surface area (Å²) in [5.41, 5.74) is 2.26. The van der Waals surface area contributed by atoms with Gasteiger partial charge in [0.25, 0.3) is 0 Å². The normalized spacial score (nSPS) is 10.7. The highest BCUT2D eigenvalue weighted by Gasteiger charge is 2.12. The van der Waals surface area contributed by atoms with Gasteiger partial charge in [0.2, 0.25) is 0 Å². The molecule has 0 fully saturated rings. The van der Waals surface area contributed by atoms with E-state index in [-0.39, 0.29) is 11.8 Å². The Kier molecular flexibility index (Phi) is 5.68. The van der Waals surface area contributed by atoms with E-state index in [1.54, 1.807) is 37.4 Å². The topological polar surface area (TPSA) is 65.7 Å². The average Bonchev–Trinajstić information content (AvgIpc) is 2.75. The van der Waals surface area contributed by atoms with Gasteiger partial charge in [-0.1, -0.05) is 40.2 Å². The third-order valence-corrected chi connectivity index (χ3v) is 5.17. The van der Waals surface area contributed by atoms with Crippen molar-refractivity contribution in [3.05, 3.63) is 93.3 Å². The van der Waals surface area contributed by atoms with E-state index < -0.39 is 5.97 Å². The van der Waals surface area contributed by atoms with Crippen molar-refractivity contribution in [2.24, 2.45) is 0 Å². The summed E-state index contributed by atoms with van der Waals surface area (Å²) in [6.07, 6.45) is 1.55. The number of hydrogen-bond donors (Lipinski definition) is 0. The molecule has 0 aliphatic rings. The minimum Gasteiger partial charge on any atom is -0.497 e. The third-order valence-electron chi connectivity index (χ3n) is 4.64. The van der Waals surface area contributed by atoms with Crippen molar-refractivity contribution in [1.29, 1.82) is 0 Å². The molecular formula is C24H17BrO5. The Morgan fingerprint density at radius 3 is 2.37 bits per heavy atom. The predicted octanol–water partition coefficient (Wildman–Crippen LogP) is 5.38. The lowest BCUT2D eigenvalue weighted by atomic mass is 10.1. The molecule has 0 bridgehead atoms. The zero-order valence-corrected chi connectivity index (χ0v) is 17.6. The van der Waals surface area contributed by atoms with Crippen LogP contribution in [0.5, 0.6) is 11.5 Å². The Morgan fingerprint density at radius 1 is 0.967 bits per heavy atom. The van der Waals surface area contributed by atoms with Gasteiger partial charge in [-0.05, 0) is 47.5 Å². The first-order valence-electron chi connectivity index (χ1n) is 9.18. The number of methoxy groups -OCH3 is 1. The maximum absolute atomic E-state index is 12.9. The first-order valence-corrected chi connectivity index (χ1v) is 9.98. The van der Waals surface area contributed by atoms with Crippen LogP contribution in [0.3, 0.4) is 0 Å². The highest BCUT2D eigenvalue weighted by atomic mass is 79.9. The van der Waals surface area contributed by atoms with E-state index >= 15 is 0 Å². The number of halogens is 1. The molecule has 5 nitrogen and oxygen atoms in total. The van der Waals surface area contributed by atoms with Crippen LogP contribution in [0.1, 0.15) is 5.56 Å². The molecule has 0 aliphatic carbocycles. The largest absolute Gasteiger partial charge is 0.497 e. The number of carbonyl (C=O) groups is 1. The molecule has 0 saturated heterocycles. The van der Waals surface area contributed by atoms with Gasteiger partial charge < -0.3 is 13.9 Å². The molecule has 30 heavy (non-hydrogen) atoms. The summed E-state index contributed by atoms with van der Waals surface area (Å²) in [6.45, 7) is 0. The molecule has 150 valence electrons. The standard InChI is InChI=1S/C24H17BrO5/c1-28-18-8-2-15(3-9-18)12-23(26)30-19-10-11-20-22(13-19)29-14-21(24(20)27)16-4-6-17(25)7-5-16/h2-11,13-14H,12H2,1H3. The van der Waals surface area contributed by atoms with Gasteiger partial charge in [-0.2, -0.15) is 0 Å². The van der Waals surface area contributed by atoms with Crippen molar-refractivity contribution in [2.45, 2.75) is 6.42 Å². The SMILES string of the molecule is COc1ccc(CC(=O)Oc2ccc3c(=O)c(-c4ccc(Br)cc4)coc3c2)cc1. The highest BCUT2D eigenvalue weighted by Crippen LogP contribution is 2.24. The van der Waals surface area contributed by atoms with E-state index in [4.69, 9.17) is 13.9 Å². The van der Waals surface area contributed by atoms with Crippen molar-refractivity contribution < 1.29 is 18.7 Å². The fraction of sp³-hybridized carbons (Fsp3) is 0.0833. The number of rotatable bonds is 5. The molecule has 3 aromatic carbocycles. The van der Waals surface area contributed by atoms with E-state index in [0.717, 1.165) is 21.3 Å². The van der Waals surface area contributed by atoms with Crippen LogP contribution >= 0.6 is 15.9 Å².